The first-order valence-corrected chi connectivity index (χ1v) is 12.8. The Labute approximate surface area is 205 Å². The zero-order valence-electron chi connectivity index (χ0n) is 20.6. The van der Waals surface area contributed by atoms with Gasteiger partial charge in [-0.3, -0.25) is 13.9 Å². The molecule has 0 radical (unpaired) electrons. The molecular formula is C26H37N4O3S-. The van der Waals surface area contributed by atoms with Gasteiger partial charge in [0.1, 0.15) is 5.54 Å². The molecule has 4 N–H and O–H groups in total. The van der Waals surface area contributed by atoms with Crippen LogP contribution in [0.25, 0.3) is 0 Å². The Hall–Kier alpha value is -2.71. The molecule has 0 saturated heterocycles. The average molecular weight is 486 g/mol. The topological polar surface area (TPSA) is 125 Å². The number of hydrogen-bond donors (Lipinski definition) is 2. The van der Waals surface area contributed by atoms with Crippen LogP contribution in [0, 0.1) is 5.92 Å². The number of nitrogen functional groups attached to an aromatic ring is 1. The highest BCUT2D eigenvalue weighted by Gasteiger charge is 2.43. The van der Waals surface area contributed by atoms with Crippen LogP contribution in [0.1, 0.15) is 64.5 Å². The molecule has 2 atom stereocenters. The first kappa shape index (κ1) is 27.5. The van der Waals surface area contributed by atoms with Crippen LogP contribution in [0.2, 0.25) is 0 Å². The van der Waals surface area contributed by atoms with E-state index in [0.29, 0.717) is 35.4 Å². The molecule has 8 heteroatoms. The molecule has 0 spiro atoms. The Morgan fingerprint density at radius 1 is 1.09 bits per heavy atom. The number of guanidine groups is 1. The van der Waals surface area contributed by atoms with Gasteiger partial charge in [0.25, 0.3) is 5.91 Å². The van der Waals surface area contributed by atoms with Crippen molar-refractivity contribution in [3.8, 4) is 0 Å². The molecule has 186 valence electrons. The predicted octanol–water partition coefficient (Wildman–Crippen LogP) is 4.39. The second kappa shape index (κ2) is 12.7. The molecule has 1 amide bonds. The number of unbranched alkanes of at least 4 members (excludes halogenated alkanes) is 2. The summed E-state index contributed by atoms with van der Waals surface area (Å²) in [5, 5.41) is 0. The molecule has 1 heterocycles. The van der Waals surface area contributed by atoms with Crippen molar-refractivity contribution in [3.63, 3.8) is 0 Å². The highest BCUT2D eigenvalue weighted by atomic mass is 32.2. The van der Waals surface area contributed by atoms with Crippen molar-refractivity contribution in [2.45, 2.75) is 76.8 Å². The van der Waals surface area contributed by atoms with Crippen molar-refractivity contribution in [1.82, 2.24) is 4.90 Å². The van der Waals surface area contributed by atoms with E-state index in [4.69, 9.17) is 11.5 Å². The van der Waals surface area contributed by atoms with Crippen LogP contribution >= 0.6 is 0 Å². The van der Waals surface area contributed by atoms with Gasteiger partial charge in [0, 0.05) is 10.6 Å². The first-order chi connectivity index (χ1) is 16.1. The largest absolute Gasteiger partial charge is 0.768 e. The first-order valence-electron chi connectivity index (χ1n) is 11.8. The summed E-state index contributed by atoms with van der Waals surface area (Å²) in [6.45, 7) is 8.58. The molecule has 0 bridgehead atoms. The van der Waals surface area contributed by atoms with E-state index in [2.05, 4.69) is 25.8 Å². The summed E-state index contributed by atoms with van der Waals surface area (Å²) in [6, 6.07) is 14.5. The van der Waals surface area contributed by atoms with Crippen LogP contribution in [-0.2, 0) is 28.8 Å². The van der Waals surface area contributed by atoms with Gasteiger partial charge in [-0.15, -0.1) is 0 Å². The number of anilines is 1. The van der Waals surface area contributed by atoms with Crippen molar-refractivity contribution in [2.24, 2.45) is 16.6 Å². The van der Waals surface area contributed by atoms with E-state index >= 15 is 0 Å². The van der Waals surface area contributed by atoms with Crippen molar-refractivity contribution in [1.29, 1.82) is 0 Å². The molecule has 0 aliphatic carbocycles. The number of amides is 1. The van der Waals surface area contributed by atoms with E-state index < -0.39 is 16.6 Å². The summed E-state index contributed by atoms with van der Waals surface area (Å²) >= 11 is -2.09. The van der Waals surface area contributed by atoms with E-state index in [1.54, 1.807) is 12.1 Å². The summed E-state index contributed by atoms with van der Waals surface area (Å²) in [7, 11) is 0. The van der Waals surface area contributed by atoms with Gasteiger partial charge in [0.15, 0.2) is 5.96 Å². The number of aliphatic imine (C=N–C) groups is 1. The van der Waals surface area contributed by atoms with Gasteiger partial charge in [-0.2, -0.15) is 0 Å². The lowest BCUT2D eigenvalue weighted by molar-refractivity contribution is -0.131. The number of carbonyl (C=O) groups is 1. The zero-order chi connectivity index (χ0) is 25.3. The fraction of sp³-hybridized carbons (Fsp3) is 0.462. The lowest BCUT2D eigenvalue weighted by atomic mass is 9.91. The van der Waals surface area contributed by atoms with Crippen LogP contribution < -0.4 is 11.5 Å². The third-order valence-electron chi connectivity index (χ3n) is 5.63. The fourth-order valence-corrected chi connectivity index (χ4v) is 4.42. The molecule has 1 aliphatic rings. The molecule has 0 saturated carbocycles. The van der Waals surface area contributed by atoms with Gasteiger partial charge in [-0.25, -0.2) is 4.99 Å². The van der Waals surface area contributed by atoms with Gasteiger partial charge in [0.2, 0.25) is 0 Å². The van der Waals surface area contributed by atoms with Gasteiger partial charge < -0.3 is 16.0 Å². The second-order valence-electron chi connectivity index (χ2n) is 9.31. The Balaban J connectivity index is 0.000000257. The number of nitrogens with two attached hydrogens (primary N) is 2. The maximum Gasteiger partial charge on any atom is 0.257 e. The van der Waals surface area contributed by atoms with Gasteiger partial charge >= 0.3 is 0 Å². The van der Waals surface area contributed by atoms with Crippen molar-refractivity contribution < 1.29 is 13.6 Å². The molecular weight excluding hydrogens is 448 g/mol. The van der Waals surface area contributed by atoms with Crippen LogP contribution in [-0.4, -0.2) is 31.1 Å². The summed E-state index contributed by atoms with van der Waals surface area (Å²) < 4.78 is 21.1. The summed E-state index contributed by atoms with van der Waals surface area (Å²) in [5.74, 6) is 0.638. The molecule has 2 unspecified atom stereocenters. The normalized spacial score (nSPS) is 18.5. The van der Waals surface area contributed by atoms with E-state index in [-0.39, 0.29) is 5.91 Å². The minimum atomic E-state index is -2.09. The Bertz CT molecular complexity index is 1010. The predicted molar refractivity (Wildman–Crippen MR) is 138 cm³/mol. The standard InChI is InChI=1S/C15H22N4O.C11H16O2S/c1-10(2)8-15(3)13(20)19(14(17)18-15)9-11-5-4-6-12(16)7-11;1-2-3-4-5-10-6-8-11(9-7-10)14(12)13/h4-7,10H,8-9,16H2,1-3H3,(H2,17,18);6-9H,2-5H2,1H3,(H,12,13)/p-1. The Morgan fingerprint density at radius 2 is 1.76 bits per heavy atom. The molecule has 0 aromatic heterocycles. The highest BCUT2D eigenvalue weighted by Crippen LogP contribution is 2.29. The van der Waals surface area contributed by atoms with Crippen molar-refractivity contribution in [3.05, 3.63) is 59.7 Å². The van der Waals surface area contributed by atoms with Crippen LogP contribution in [0.5, 0.6) is 0 Å². The number of rotatable bonds is 9. The van der Waals surface area contributed by atoms with Crippen LogP contribution in [0.15, 0.2) is 58.4 Å². The monoisotopic (exact) mass is 485 g/mol. The molecule has 1 aliphatic heterocycles. The number of aryl methyl sites for hydroxylation is 1. The molecule has 0 fully saturated rings. The minimum Gasteiger partial charge on any atom is -0.768 e. The average Bonchev–Trinajstić information content (AvgIpc) is 2.97. The second-order valence-corrected chi connectivity index (χ2v) is 10.3. The third kappa shape index (κ3) is 7.95. The maximum atomic E-state index is 12.6. The summed E-state index contributed by atoms with van der Waals surface area (Å²) in [4.78, 5) is 18.8. The van der Waals surface area contributed by atoms with Crippen LogP contribution in [0.4, 0.5) is 5.69 Å². The zero-order valence-corrected chi connectivity index (χ0v) is 21.4. The fourth-order valence-electron chi connectivity index (χ4n) is 4.06. The molecule has 7 nitrogen and oxygen atoms in total. The minimum absolute atomic E-state index is 0.0360. The van der Waals surface area contributed by atoms with Gasteiger partial charge in [0.05, 0.1) is 6.54 Å². The number of hydrogen-bond acceptors (Lipinski definition) is 6. The number of nitrogens with zero attached hydrogens (tertiary/aromatic N) is 2. The van der Waals surface area contributed by atoms with E-state index in [9.17, 15) is 13.6 Å². The molecule has 2 aromatic carbocycles. The van der Waals surface area contributed by atoms with Gasteiger partial charge in [-0.05, 0) is 78.6 Å². The Kier molecular flexibility index (Phi) is 10.3. The molecule has 3 rings (SSSR count). The van der Waals surface area contributed by atoms with Crippen molar-refractivity contribution in [2.75, 3.05) is 5.73 Å². The van der Waals surface area contributed by atoms with E-state index in [1.807, 2.05) is 43.3 Å². The maximum absolute atomic E-state index is 12.6. The van der Waals surface area contributed by atoms with E-state index in [0.717, 1.165) is 12.0 Å². The Morgan fingerprint density at radius 3 is 2.32 bits per heavy atom. The number of carbonyl (C=O) groups excluding carboxylic acids is 1. The number of benzene rings is 2. The summed E-state index contributed by atoms with van der Waals surface area (Å²) in [6.07, 6.45) is 5.35. The summed E-state index contributed by atoms with van der Waals surface area (Å²) in [5.41, 5.74) is 13.8. The smallest absolute Gasteiger partial charge is 0.257 e. The lowest BCUT2D eigenvalue weighted by Gasteiger charge is -2.23. The third-order valence-corrected chi connectivity index (χ3v) is 6.28. The molecule has 34 heavy (non-hydrogen) atoms. The van der Waals surface area contributed by atoms with Crippen LogP contribution in [0.3, 0.4) is 0 Å². The quantitative estimate of drug-likeness (QED) is 0.310. The lowest BCUT2D eigenvalue weighted by Crippen LogP contribution is -2.43. The highest BCUT2D eigenvalue weighted by molar-refractivity contribution is 7.79. The molecule has 2 aromatic rings. The SMILES string of the molecule is CC(C)CC1(C)N=C(N)N(Cc2cccc(N)c2)C1=O.CCCCCc1ccc(S(=O)[O-])cc1. The van der Waals surface area contributed by atoms with E-state index in [1.165, 1.54) is 29.7 Å². The van der Waals surface area contributed by atoms with Gasteiger partial charge in [-0.1, -0.05) is 57.9 Å². The van der Waals surface area contributed by atoms with Crippen molar-refractivity contribution >= 4 is 28.6 Å².